The van der Waals surface area contributed by atoms with Crippen LogP contribution in [0.2, 0.25) is 0 Å². The Balaban J connectivity index is 3.25. The first kappa shape index (κ1) is 6.30. The molecule has 0 saturated heterocycles. The fourth-order valence-corrected chi connectivity index (χ4v) is 0.244. The maximum atomic E-state index is 2.91. The maximum absolute atomic E-state index is 2.91. The van der Waals surface area contributed by atoms with Gasteiger partial charge in [-0.05, 0) is 13.0 Å². The summed E-state index contributed by atoms with van der Waals surface area (Å²) in [6.07, 6.45) is 4.73. The van der Waals surface area contributed by atoms with E-state index in [-0.39, 0.29) is 0 Å². The molecule has 0 rings (SSSR count). The Hall–Kier alpha value is -0.700. The van der Waals surface area contributed by atoms with Crippen LogP contribution in [0.3, 0.4) is 0 Å². The molecule has 0 aliphatic carbocycles. The van der Waals surface area contributed by atoms with Crippen molar-refractivity contribution >= 4 is 0 Å². The number of rotatable bonds is 0. The molecule has 0 N–H and O–H groups in total. The van der Waals surface area contributed by atoms with E-state index in [1.54, 1.807) is 0 Å². The van der Waals surface area contributed by atoms with Crippen molar-refractivity contribution in [1.82, 2.24) is 0 Å². The Labute approximate surface area is 45.2 Å². The highest BCUT2D eigenvalue weighted by molar-refractivity contribution is 5.13. The lowest BCUT2D eigenvalue weighted by atomic mass is 10.4. The highest BCUT2D eigenvalue weighted by atomic mass is 13.6. The summed E-state index contributed by atoms with van der Waals surface area (Å²) < 4.78 is 0. The maximum Gasteiger partial charge on any atom is 0.00637 e. The van der Waals surface area contributed by atoms with Crippen LogP contribution < -0.4 is 0 Å². The molecular weight excluding hydrogens is 84.1 g/mol. The second-order valence-electron chi connectivity index (χ2n) is 1.17. The molecule has 0 spiro atoms. The highest BCUT2D eigenvalue weighted by Crippen LogP contribution is 1.68. The standard InChI is InChI=1S/C7H10/c1-3-5-7-6-4-2/h3,5H,4H2,1-2H3/b5-3-. The Morgan fingerprint density at radius 1 is 1.57 bits per heavy atom. The normalized spacial score (nSPS) is 8.29. The second kappa shape index (κ2) is 5.30. The van der Waals surface area contributed by atoms with Crippen LogP contribution in [0, 0.1) is 11.8 Å². The first-order valence-corrected chi connectivity index (χ1v) is 2.51. The lowest BCUT2D eigenvalue weighted by Gasteiger charge is -1.63. The van der Waals surface area contributed by atoms with E-state index in [1.807, 2.05) is 26.0 Å². The molecule has 38 valence electrons. The van der Waals surface area contributed by atoms with Crippen LogP contribution in [0.4, 0.5) is 0 Å². The van der Waals surface area contributed by atoms with Crippen LogP contribution in [0.25, 0.3) is 0 Å². The van der Waals surface area contributed by atoms with E-state index >= 15 is 0 Å². The van der Waals surface area contributed by atoms with Gasteiger partial charge in [0.15, 0.2) is 0 Å². The molecular formula is C7H10. The van der Waals surface area contributed by atoms with Crippen LogP contribution in [-0.2, 0) is 0 Å². The van der Waals surface area contributed by atoms with E-state index in [4.69, 9.17) is 0 Å². The van der Waals surface area contributed by atoms with Gasteiger partial charge < -0.3 is 0 Å². The van der Waals surface area contributed by atoms with E-state index in [2.05, 4.69) is 11.8 Å². The van der Waals surface area contributed by atoms with Gasteiger partial charge in [-0.2, -0.15) is 0 Å². The molecule has 0 heteroatoms. The number of hydrogen-bond acceptors (Lipinski definition) is 0. The van der Waals surface area contributed by atoms with Crippen LogP contribution in [0.15, 0.2) is 12.2 Å². The molecule has 0 saturated carbocycles. The third-order valence-corrected chi connectivity index (χ3v) is 0.529. The van der Waals surface area contributed by atoms with E-state index in [0.29, 0.717) is 0 Å². The molecule has 0 aromatic carbocycles. The van der Waals surface area contributed by atoms with Crippen molar-refractivity contribution in [1.29, 1.82) is 0 Å². The van der Waals surface area contributed by atoms with Gasteiger partial charge in [0.05, 0.1) is 0 Å². The number of allylic oxidation sites excluding steroid dienone is 2. The van der Waals surface area contributed by atoms with Gasteiger partial charge in [-0.1, -0.05) is 24.8 Å². The summed E-state index contributed by atoms with van der Waals surface area (Å²) in [5.41, 5.74) is 0. The minimum absolute atomic E-state index is 0.949. The lowest BCUT2D eigenvalue weighted by molar-refractivity contribution is 1.28. The molecule has 0 unspecified atom stereocenters. The van der Waals surface area contributed by atoms with Gasteiger partial charge in [-0.15, -0.1) is 0 Å². The Morgan fingerprint density at radius 3 is 2.71 bits per heavy atom. The van der Waals surface area contributed by atoms with Crippen molar-refractivity contribution in [2.24, 2.45) is 0 Å². The SMILES string of the molecule is C/C=C\C#CCC. The van der Waals surface area contributed by atoms with E-state index in [9.17, 15) is 0 Å². The summed E-state index contributed by atoms with van der Waals surface area (Å²) in [5.74, 6) is 5.77. The molecule has 0 nitrogen and oxygen atoms in total. The summed E-state index contributed by atoms with van der Waals surface area (Å²) in [7, 11) is 0. The van der Waals surface area contributed by atoms with E-state index < -0.39 is 0 Å². The minimum atomic E-state index is 0.949. The molecule has 0 heterocycles. The fourth-order valence-electron chi connectivity index (χ4n) is 0.244. The molecule has 0 bridgehead atoms. The van der Waals surface area contributed by atoms with Gasteiger partial charge in [0.1, 0.15) is 0 Å². The van der Waals surface area contributed by atoms with Crippen molar-refractivity contribution in [3.05, 3.63) is 12.2 Å². The zero-order valence-electron chi connectivity index (χ0n) is 4.86. The predicted octanol–water partition coefficient (Wildman–Crippen LogP) is 1.98. The largest absolute Gasteiger partial charge is 0.0988 e. The molecule has 7 heavy (non-hydrogen) atoms. The van der Waals surface area contributed by atoms with E-state index in [0.717, 1.165) is 6.42 Å². The molecule has 0 amide bonds. The molecule has 0 aromatic heterocycles. The first-order chi connectivity index (χ1) is 3.41. The second-order valence-corrected chi connectivity index (χ2v) is 1.17. The van der Waals surface area contributed by atoms with Crippen molar-refractivity contribution in [3.63, 3.8) is 0 Å². The highest BCUT2D eigenvalue weighted by Gasteiger charge is 1.54. The predicted molar refractivity (Wildman–Crippen MR) is 32.9 cm³/mol. The molecule has 0 aliphatic heterocycles. The van der Waals surface area contributed by atoms with E-state index in [1.165, 1.54) is 0 Å². The summed E-state index contributed by atoms with van der Waals surface area (Å²) in [4.78, 5) is 0. The molecule has 0 radical (unpaired) electrons. The van der Waals surface area contributed by atoms with Crippen molar-refractivity contribution < 1.29 is 0 Å². The average Bonchev–Trinajstić information content (AvgIpc) is 1.69. The number of hydrogen-bond donors (Lipinski definition) is 0. The fraction of sp³-hybridized carbons (Fsp3) is 0.429. The van der Waals surface area contributed by atoms with Crippen LogP contribution in [0.1, 0.15) is 20.3 Å². The van der Waals surface area contributed by atoms with Crippen LogP contribution in [0.5, 0.6) is 0 Å². The lowest BCUT2D eigenvalue weighted by Crippen LogP contribution is -1.49. The third kappa shape index (κ3) is 5.30. The van der Waals surface area contributed by atoms with Gasteiger partial charge >= 0.3 is 0 Å². The topological polar surface area (TPSA) is 0 Å². The van der Waals surface area contributed by atoms with Gasteiger partial charge in [-0.25, -0.2) is 0 Å². The molecule has 0 aromatic rings. The smallest absolute Gasteiger partial charge is 0.00637 e. The molecule has 0 fully saturated rings. The van der Waals surface area contributed by atoms with Gasteiger partial charge in [0, 0.05) is 6.42 Å². The first-order valence-electron chi connectivity index (χ1n) is 2.51. The van der Waals surface area contributed by atoms with Crippen LogP contribution >= 0.6 is 0 Å². The zero-order valence-corrected chi connectivity index (χ0v) is 4.86. The monoisotopic (exact) mass is 94.1 g/mol. The summed E-state index contributed by atoms with van der Waals surface area (Å²) >= 11 is 0. The Morgan fingerprint density at radius 2 is 2.29 bits per heavy atom. The summed E-state index contributed by atoms with van der Waals surface area (Å²) in [6, 6.07) is 0. The van der Waals surface area contributed by atoms with Gasteiger partial charge in [0.25, 0.3) is 0 Å². The Bertz CT molecular complexity index is 98.9. The summed E-state index contributed by atoms with van der Waals surface area (Å²) in [5, 5.41) is 0. The van der Waals surface area contributed by atoms with Crippen molar-refractivity contribution in [2.45, 2.75) is 20.3 Å². The molecule has 0 aliphatic rings. The zero-order chi connectivity index (χ0) is 5.54. The average molecular weight is 94.2 g/mol. The third-order valence-electron chi connectivity index (χ3n) is 0.529. The minimum Gasteiger partial charge on any atom is -0.0988 e. The van der Waals surface area contributed by atoms with Gasteiger partial charge in [0.2, 0.25) is 0 Å². The quantitative estimate of drug-likeness (QED) is 0.402. The molecule has 0 atom stereocenters. The summed E-state index contributed by atoms with van der Waals surface area (Å²) in [6.45, 7) is 4.00. The van der Waals surface area contributed by atoms with Crippen molar-refractivity contribution in [3.8, 4) is 11.8 Å². The van der Waals surface area contributed by atoms with Gasteiger partial charge in [-0.3, -0.25) is 0 Å². The Kier molecular flexibility index (Phi) is 4.77. The van der Waals surface area contributed by atoms with Crippen LogP contribution in [-0.4, -0.2) is 0 Å². The van der Waals surface area contributed by atoms with Crippen molar-refractivity contribution in [2.75, 3.05) is 0 Å².